The Bertz CT molecular complexity index is 492. The number of nitrogens with zero attached hydrogens (tertiary/aromatic N) is 1. The average molecular weight is 273 g/mol. The van der Waals surface area contributed by atoms with Gasteiger partial charge in [0, 0.05) is 0 Å². The molecule has 6 heteroatoms. The third kappa shape index (κ3) is 2.79. The largest absolute Gasteiger partial charge is 0.304 e. The summed E-state index contributed by atoms with van der Waals surface area (Å²) in [4.78, 5) is 15.6. The first kappa shape index (κ1) is 12.4. The van der Waals surface area contributed by atoms with Gasteiger partial charge in [-0.25, -0.2) is 9.38 Å². The van der Waals surface area contributed by atoms with Gasteiger partial charge in [-0.1, -0.05) is 30.3 Å². The van der Waals surface area contributed by atoms with Crippen molar-refractivity contribution in [2.45, 2.75) is 18.6 Å². The predicted octanol–water partition coefficient (Wildman–Crippen LogP) is 3.11. The maximum Gasteiger partial charge on any atom is 0.239 e. The van der Waals surface area contributed by atoms with Crippen LogP contribution in [-0.4, -0.2) is 16.3 Å². The van der Waals surface area contributed by atoms with Crippen molar-refractivity contribution in [1.82, 2.24) is 5.32 Å². The van der Waals surface area contributed by atoms with Crippen molar-refractivity contribution in [2.75, 3.05) is 0 Å². The van der Waals surface area contributed by atoms with Gasteiger partial charge < -0.3 is 5.32 Å². The van der Waals surface area contributed by atoms with E-state index in [0.717, 1.165) is 6.42 Å². The number of carbonyl (C=O) groups excluding carboxylic acids is 1. The summed E-state index contributed by atoms with van der Waals surface area (Å²) < 4.78 is 12.9. The lowest BCUT2D eigenvalue weighted by atomic mass is 10.3. The minimum atomic E-state index is -0.481. The fraction of sp³-hybridized carbons (Fsp3) is 0.273. The van der Waals surface area contributed by atoms with Crippen molar-refractivity contribution >= 4 is 40.1 Å². The van der Waals surface area contributed by atoms with Crippen molar-refractivity contribution in [3.05, 3.63) is 29.0 Å². The van der Waals surface area contributed by atoms with Crippen LogP contribution in [0.15, 0.2) is 23.2 Å². The molecule has 1 aliphatic heterocycles. The summed E-state index contributed by atoms with van der Waals surface area (Å²) in [6.45, 7) is 1.94. The Balaban J connectivity index is 2.20. The zero-order chi connectivity index (χ0) is 12.4. The summed E-state index contributed by atoms with van der Waals surface area (Å²) in [5, 5.41) is 3.14. The lowest BCUT2D eigenvalue weighted by Crippen LogP contribution is -2.24. The average Bonchev–Trinajstić information content (AvgIpc) is 2.64. The van der Waals surface area contributed by atoms with Gasteiger partial charge in [-0.2, -0.15) is 0 Å². The van der Waals surface area contributed by atoms with Crippen molar-refractivity contribution < 1.29 is 9.18 Å². The third-order valence-electron chi connectivity index (χ3n) is 2.28. The highest BCUT2D eigenvalue weighted by Crippen LogP contribution is 2.26. The van der Waals surface area contributed by atoms with Crippen LogP contribution in [0, 0.1) is 5.82 Å². The molecule has 0 aromatic heterocycles. The van der Waals surface area contributed by atoms with Crippen molar-refractivity contribution in [2.24, 2.45) is 4.99 Å². The monoisotopic (exact) mass is 272 g/mol. The molecule has 1 aromatic rings. The van der Waals surface area contributed by atoms with Crippen LogP contribution in [0.1, 0.15) is 13.3 Å². The van der Waals surface area contributed by atoms with Gasteiger partial charge in [0.15, 0.2) is 5.17 Å². The third-order valence-corrected chi connectivity index (χ3v) is 3.82. The van der Waals surface area contributed by atoms with Gasteiger partial charge in [-0.05, 0) is 24.6 Å². The van der Waals surface area contributed by atoms with E-state index in [0.29, 0.717) is 10.9 Å². The van der Waals surface area contributed by atoms with Gasteiger partial charge in [0.25, 0.3) is 0 Å². The summed E-state index contributed by atoms with van der Waals surface area (Å²) in [6.07, 6.45) is 0.750. The number of amides is 1. The number of hydrogen-bond acceptors (Lipinski definition) is 3. The first-order valence-electron chi connectivity index (χ1n) is 5.11. The second kappa shape index (κ2) is 5.06. The predicted molar refractivity (Wildman–Crippen MR) is 68.3 cm³/mol. The Morgan fingerprint density at radius 3 is 2.94 bits per heavy atom. The number of aliphatic imine (C=N–C) groups is 1. The maximum atomic E-state index is 12.9. The van der Waals surface area contributed by atoms with Crippen LogP contribution in [0.2, 0.25) is 5.02 Å². The molecule has 1 aromatic carbocycles. The van der Waals surface area contributed by atoms with Crippen LogP contribution in [0.25, 0.3) is 0 Å². The molecule has 1 atom stereocenters. The molecule has 1 fully saturated rings. The minimum absolute atomic E-state index is 0.0215. The quantitative estimate of drug-likeness (QED) is 0.899. The number of halogens is 2. The topological polar surface area (TPSA) is 41.5 Å². The van der Waals surface area contributed by atoms with Gasteiger partial charge >= 0.3 is 0 Å². The number of amidine groups is 1. The van der Waals surface area contributed by atoms with E-state index in [9.17, 15) is 9.18 Å². The maximum absolute atomic E-state index is 12.9. The van der Waals surface area contributed by atoms with Gasteiger partial charge in [0.2, 0.25) is 5.91 Å². The van der Waals surface area contributed by atoms with E-state index < -0.39 is 5.82 Å². The van der Waals surface area contributed by atoms with E-state index in [1.807, 2.05) is 6.92 Å². The van der Waals surface area contributed by atoms with E-state index in [4.69, 9.17) is 11.6 Å². The van der Waals surface area contributed by atoms with E-state index in [2.05, 4.69) is 10.3 Å². The first-order chi connectivity index (χ1) is 8.10. The Labute approximate surface area is 107 Å². The molecule has 1 aliphatic rings. The zero-order valence-corrected chi connectivity index (χ0v) is 10.6. The van der Waals surface area contributed by atoms with Gasteiger partial charge in [0.1, 0.15) is 5.82 Å². The molecule has 1 amide bonds. The molecular formula is C11H10ClFN2OS. The number of hydrogen-bond donors (Lipinski definition) is 1. The molecule has 0 aliphatic carbocycles. The number of rotatable bonds is 2. The smallest absolute Gasteiger partial charge is 0.239 e. The second-order valence-electron chi connectivity index (χ2n) is 3.52. The number of thioether (sulfide) groups is 1. The molecule has 0 spiro atoms. The van der Waals surface area contributed by atoms with Crippen LogP contribution >= 0.6 is 23.4 Å². The van der Waals surface area contributed by atoms with Gasteiger partial charge in [-0.3, -0.25) is 4.79 Å². The SMILES string of the molecule is CC[C@H]1SC(=Nc2ccc(F)c(Cl)c2)NC1=O. The van der Waals surface area contributed by atoms with E-state index in [-0.39, 0.29) is 16.2 Å². The highest BCUT2D eigenvalue weighted by Gasteiger charge is 2.28. The van der Waals surface area contributed by atoms with Crippen LogP contribution in [0.4, 0.5) is 10.1 Å². The molecule has 1 heterocycles. The lowest BCUT2D eigenvalue weighted by molar-refractivity contribution is -0.118. The van der Waals surface area contributed by atoms with E-state index in [1.165, 1.54) is 30.0 Å². The summed E-state index contributed by atoms with van der Waals surface area (Å²) >= 11 is 7.02. The summed E-state index contributed by atoms with van der Waals surface area (Å²) in [5.41, 5.74) is 0.524. The molecule has 0 radical (unpaired) electrons. The molecule has 17 heavy (non-hydrogen) atoms. The van der Waals surface area contributed by atoms with E-state index in [1.54, 1.807) is 0 Å². The van der Waals surface area contributed by atoms with Crippen molar-refractivity contribution in [1.29, 1.82) is 0 Å². The number of benzene rings is 1. The summed E-state index contributed by atoms with van der Waals surface area (Å²) in [5.74, 6) is -0.519. The van der Waals surface area contributed by atoms with Crippen molar-refractivity contribution in [3.63, 3.8) is 0 Å². The minimum Gasteiger partial charge on any atom is -0.304 e. The van der Waals surface area contributed by atoms with Crippen molar-refractivity contribution in [3.8, 4) is 0 Å². The summed E-state index contributed by atoms with van der Waals surface area (Å²) in [7, 11) is 0. The Hall–Kier alpha value is -1.07. The van der Waals surface area contributed by atoms with Gasteiger partial charge in [0.05, 0.1) is 16.0 Å². The zero-order valence-electron chi connectivity index (χ0n) is 9.04. The molecular weight excluding hydrogens is 263 g/mol. The standard InChI is InChI=1S/C11H10ClFN2OS/c1-2-9-10(16)15-11(17-9)14-6-3-4-8(13)7(12)5-6/h3-5,9H,2H2,1H3,(H,14,15,16)/t9-/m1/s1. The van der Waals surface area contributed by atoms with Crippen LogP contribution < -0.4 is 5.32 Å². The molecule has 3 nitrogen and oxygen atoms in total. The lowest BCUT2D eigenvalue weighted by Gasteiger charge is -1.99. The highest BCUT2D eigenvalue weighted by atomic mass is 35.5. The van der Waals surface area contributed by atoms with Crippen LogP contribution in [-0.2, 0) is 4.79 Å². The number of nitrogens with one attached hydrogen (secondary N) is 1. The highest BCUT2D eigenvalue weighted by molar-refractivity contribution is 8.15. The fourth-order valence-corrected chi connectivity index (χ4v) is 2.49. The fourth-order valence-electron chi connectivity index (χ4n) is 1.40. The molecule has 0 unspecified atom stereocenters. The molecule has 2 rings (SSSR count). The molecule has 90 valence electrons. The normalized spacial score (nSPS) is 21.9. The Kier molecular flexibility index (Phi) is 3.69. The van der Waals surface area contributed by atoms with E-state index >= 15 is 0 Å². The summed E-state index contributed by atoms with van der Waals surface area (Å²) in [6, 6.07) is 4.19. The Morgan fingerprint density at radius 2 is 2.35 bits per heavy atom. The second-order valence-corrected chi connectivity index (χ2v) is 5.12. The molecule has 1 N–H and O–H groups in total. The number of carbonyl (C=O) groups is 1. The van der Waals surface area contributed by atoms with Crippen LogP contribution in [0.3, 0.4) is 0 Å². The Morgan fingerprint density at radius 1 is 1.59 bits per heavy atom. The van der Waals surface area contributed by atoms with Crippen LogP contribution in [0.5, 0.6) is 0 Å². The molecule has 0 bridgehead atoms. The first-order valence-corrected chi connectivity index (χ1v) is 6.37. The van der Waals surface area contributed by atoms with Gasteiger partial charge in [-0.15, -0.1) is 0 Å². The molecule has 1 saturated heterocycles. The molecule has 0 saturated carbocycles.